The van der Waals surface area contributed by atoms with Crippen molar-refractivity contribution in [1.82, 2.24) is 4.90 Å². The summed E-state index contributed by atoms with van der Waals surface area (Å²) in [6.45, 7) is 9.58. The van der Waals surface area contributed by atoms with Gasteiger partial charge in [-0.25, -0.2) is 4.99 Å². The van der Waals surface area contributed by atoms with E-state index in [0.29, 0.717) is 6.10 Å². The Morgan fingerprint density at radius 2 is 2.05 bits per heavy atom. The molecule has 0 bridgehead atoms. The Morgan fingerprint density at radius 3 is 2.67 bits per heavy atom. The minimum absolute atomic E-state index is 0.327. The van der Waals surface area contributed by atoms with Crippen LogP contribution in [0.2, 0.25) is 0 Å². The van der Waals surface area contributed by atoms with Crippen molar-refractivity contribution >= 4 is 12.0 Å². The zero-order valence-corrected chi connectivity index (χ0v) is 14.0. The van der Waals surface area contributed by atoms with Gasteiger partial charge in [0.2, 0.25) is 0 Å². The molecule has 1 fully saturated rings. The maximum Gasteiger partial charge on any atom is 0.123 e. The Balaban J connectivity index is 2.08. The summed E-state index contributed by atoms with van der Waals surface area (Å²) in [5.74, 6) is 1.76. The fraction of sp³-hybridized carbons (Fsp3) is 0.611. The minimum atomic E-state index is 0.327. The predicted molar refractivity (Wildman–Crippen MR) is 89.8 cm³/mol. The highest BCUT2D eigenvalue weighted by Crippen LogP contribution is 2.36. The average molecular weight is 288 g/mol. The number of hydrogen-bond acceptors (Lipinski definition) is 2. The van der Waals surface area contributed by atoms with E-state index in [-0.39, 0.29) is 0 Å². The first-order chi connectivity index (χ1) is 10.0. The lowest BCUT2D eigenvalue weighted by Gasteiger charge is -2.17. The summed E-state index contributed by atoms with van der Waals surface area (Å²) < 4.78 is 6.11. The molecule has 0 saturated heterocycles. The van der Waals surface area contributed by atoms with E-state index < -0.39 is 0 Å². The molecule has 1 aromatic carbocycles. The van der Waals surface area contributed by atoms with E-state index in [1.807, 2.05) is 6.34 Å². The third-order valence-corrected chi connectivity index (χ3v) is 4.06. The molecule has 0 aromatic heterocycles. The Labute approximate surface area is 129 Å². The molecule has 1 aliphatic carbocycles. The average Bonchev–Trinajstić information content (AvgIpc) is 3.25. The van der Waals surface area contributed by atoms with Crippen LogP contribution >= 0.6 is 0 Å². The van der Waals surface area contributed by atoms with E-state index in [4.69, 9.17) is 4.74 Å². The highest BCUT2D eigenvalue weighted by atomic mass is 16.5. The molecule has 0 spiro atoms. The van der Waals surface area contributed by atoms with E-state index in [9.17, 15) is 0 Å². The second-order valence-electron chi connectivity index (χ2n) is 6.29. The Morgan fingerprint density at radius 1 is 1.33 bits per heavy atom. The first-order valence-corrected chi connectivity index (χ1v) is 8.03. The van der Waals surface area contributed by atoms with Crippen LogP contribution in [-0.2, 0) is 0 Å². The van der Waals surface area contributed by atoms with Crippen molar-refractivity contribution < 1.29 is 4.74 Å². The molecule has 0 aliphatic heterocycles. The monoisotopic (exact) mass is 288 g/mol. The zero-order valence-electron chi connectivity index (χ0n) is 14.0. The molecule has 1 aliphatic rings. The molecular formula is C18H28N2O. The fourth-order valence-corrected chi connectivity index (χ4v) is 2.47. The van der Waals surface area contributed by atoms with Crippen LogP contribution in [0, 0.1) is 19.8 Å². The van der Waals surface area contributed by atoms with Crippen LogP contribution in [0.5, 0.6) is 5.75 Å². The summed E-state index contributed by atoms with van der Waals surface area (Å²) in [6, 6.07) is 4.25. The van der Waals surface area contributed by atoms with Gasteiger partial charge in [-0.1, -0.05) is 6.92 Å². The highest BCUT2D eigenvalue weighted by Gasteiger charge is 2.29. The standard InChI is InChI=1S/C18H28N2O/c1-6-9-20(5)12-19-17-10-14(3)18(11-13(17)2)21-15(4)16-7-8-16/h10-12,15-16H,6-9H2,1-5H3. The molecule has 21 heavy (non-hydrogen) atoms. The van der Waals surface area contributed by atoms with Gasteiger partial charge in [-0.05, 0) is 69.2 Å². The summed E-state index contributed by atoms with van der Waals surface area (Å²) in [6.07, 6.45) is 6.00. The van der Waals surface area contributed by atoms with Crippen LogP contribution in [-0.4, -0.2) is 30.9 Å². The lowest BCUT2D eigenvalue weighted by atomic mass is 10.1. The molecule has 0 heterocycles. The quantitative estimate of drug-likeness (QED) is 0.546. The summed E-state index contributed by atoms with van der Waals surface area (Å²) >= 11 is 0. The van der Waals surface area contributed by atoms with Gasteiger partial charge in [0.05, 0.1) is 18.1 Å². The number of aliphatic imine (C=N–C) groups is 1. The van der Waals surface area contributed by atoms with Gasteiger partial charge in [0, 0.05) is 13.6 Å². The molecule has 1 saturated carbocycles. The maximum absolute atomic E-state index is 6.11. The molecule has 1 aromatic rings. The summed E-state index contributed by atoms with van der Waals surface area (Å²) in [5.41, 5.74) is 3.36. The molecular weight excluding hydrogens is 260 g/mol. The number of benzene rings is 1. The molecule has 1 unspecified atom stereocenters. The molecule has 0 radical (unpaired) electrons. The fourth-order valence-electron chi connectivity index (χ4n) is 2.47. The van der Waals surface area contributed by atoms with Crippen LogP contribution in [0.1, 0.15) is 44.2 Å². The molecule has 3 heteroatoms. The molecule has 0 N–H and O–H groups in total. The van der Waals surface area contributed by atoms with E-state index in [0.717, 1.165) is 30.3 Å². The van der Waals surface area contributed by atoms with Crippen molar-refractivity contribution in [1.29, 1.82) is 0 Å². The first kappa shape index (κ1) is 15.9. The zero-order chi connectivity index (χ0) is 15.4. The number of aryl methyl sites for hydroxylation is 2. The smallest absolute Gasteiger partial charge is 0.123 e. The number of nitrogens with zero attached hydrogens (tertiary/aromatic N) is 2. The van der Waals surface area contributed by atoms with Gasteiger partial charge >= 0.3 is 0 Å². The largest absolute Gasteiger partial charge is 0.490 e. The summed E-state index contributed by atoms with van der Waals surface area (Å²) in [7, 11) is 2.06. The van der Waals surface area contributed by atoms with E-state index in [1.54, 1.807) is 0 Å². The van der Waals surface area contributed by atoms with Gasteiger partial charge < -0.3 is 9.64 Å². The topological polar surface area (TPSA) is 24.8 Å². The summed E-state index contributed by atoms with van der Waals surface area (Å²) in [5, 5.41) is 0. The Bertz CT molecular complexity index is 506. The number of rotatable bonds is 7. The highest BCUT2D eigenvalue weighted by molar-refractivity contribution is 5.64. The third kappa shape index (κ3) is 4.48. The SMILES string of the molecule is CCCN(C)C=Nc1cc(C)c(OC(C)C2CC2)cc1C. The molecule has 3 nitrogen and oxygen atoms in total. The van der Waals surface area contributed by atoms with Gasteiger partial charge in [0.25, 0.3) is 0 Å². The van der Waals surface area contributed by atoms with Crippen molar-refractivity contribution in [2.24, 2.45) is 10.9 Å². The van der Waals surface area contributed by atoms with Gasteiger partial charge in [0.15, 0.2) is 0 Å². The van der Waals surface area contributed by atoms with E-state index in [2.05, 4.69) is 56.8 Å². The Kier molecular flexibility index (Phi) is 5.27. The van der Waals surface area contributed by atoms with Crippen LogP contribution in [0.4, 0.5) is 5.69 Å². The van der Waals surface area contributed by atoms with Gasteiger partial charge in [0.1, 0.15) is 5.75 Å². The summed E-state index contributed by atoms with van der Waals surface area (Å²) in [4.78, 5) is 6.72. The van der Waals surface area contributed by atoms with Crippen molar-refractivity contribution in [2.45, 2.75) is 53.1 Å². The van der Waals surface area contributed by atoms with Crippen LogP contribution < -0.4 is 4.74 Å². The Hall–Kier alpha value is -1.51. The molecule has 116 valence electrons. The lowest BCUT2D eigenvalue weighted by Crippen LogP contribution is -2.16. The second kappa shape index (κ2) is 6.97. The van der Waals surface area contributed by atoms with Crippen LogP contribution in [0.3, 0.4) is 0 Å². The second-order valence-corrected chi connectivity index (χ2v) is 6.29. The van der Waals surface area contributed by atoms with Crippen LogP contribution in [0.15, 0.2) is 17.1 Å². The van der Waals surface area contributed by atoms with Crippen molar-refractivity contribution in [3.63, 3.8) is 0 Å². The molecule has 0 amide bonds. The van der Waals surface area contributed by atoms with E-state index in [1.165, 1.54) is 24.0 Å². The third-order valence-electron chi connectivity index (χ3n) is 4.06. The van der Waals surface area contributed by atoms with Gasteiger partial charge in [-0.3, -0.25) is 0 Å². The number of hydrogen-bond donors (Lipinski definition) is 0. The van der Waals surface area contributed by atoms with E-state index >= 15 is 0 Å². The van der Waals surface area contributed by atoms with Gasteiger partial charge in [-0.15, -0.1) is 0 Å². The normalized spacial score (nSPS) is 16.2. The van der Waals surface area contributed by atoms with Crippen LogP contribution in [0.25, 0.3) is 0 Å². The lowest BCUT2D eigenvalue weighted by molar-refractivity contribution is 0.196. The maximum atomic E-state index is 6.11. The van der Waals surface area contributed by atoms with Crippen molar-refractivity contribution in [2.75, 3.05) is 13.6 Å². The van der Waals surface area contributed by atoms with Crippen molar-refractivity contribution in [3.05, 3.63) is 23.3 Å². The van der Waals surface area contributed by atoms with Crippen molar-refractivity contribution in [3.8, 4) is 5.75 Å². The van der Waals surface area contributed by atoms with Gasteiger partial charge in [-0.2, -0.15) is 0 Å². The molecule has 2 rings (SSSR count). The molecule has 1 atom stereocenters. The first-order valence-electron chi connectivity index (χ1n) is 8.03. The predicted octanol–water partition coefficient (Wildman–Crippen LogP) is 4.48. The minimum Gasteiger partial charge on any atom is -0.490 e. The number of ether oxygens (including phenoxy) is 1.